The highest BCUT2D eigenvalue weighted by Gasteiger charge is 2.24. The smallest absolute Gasteiger partial charge is 0.195 e. The summed E-state index contributed by atoms with van der Waals surface area (Å²) >= 11 is 0. The summed E-state index contributed by atoms with van der Waals surface area (Å²) < 4.78 is 6.57. The molecule has 0 amide bonds. The minimum absolute atomic E-state index is 0.906. The molecule has 0 saturated heterocycles. The summed E-state index contributed by atoms with van der Waals surface area (Å²) in [5.41, 5.74) is 7.36. The van der Waals surface area contributed by atoms with Crippen molar-refractivity contribution in [3.05, 3.63) is 71.8 Å². The van der Waals surface area contributed by atoms with Crippen LogP contribution in [-0.2, 0) is 13.5 Å². The van der Waals surface area contributed by atoms with Crippen LogP contribution in [0, 0.1) is 6.92 Å². The Kier molecular flexibility index (Phi) is 2.37. The van der Waals surface area contributed by atoms with Gasteiger partial charge in [0.2, 0.25) is 0 Å². The average Bonchev–Trinajstić information content (AvgIpc) is 3.19. The number of nitrogens with zero attached hydrogens (tertiary/aromatic N) is 4. The van der Waals surface area contributed by atoms with E-state index in [9.17, 15) is 0 Å². The van der Waals surface area contributed by atoms with Crippen LogP contribution in [0.15, 0.2) is 54.9 Å². The quantitative estimate of drug-likeness (QED) is 0.437. The van der Waals surface area contributed by atoms with E-state index < -0.39 is 0 Å². The Morgan fingerprint density at radius 3 is 2.78 bits per heavy atom. The Balaban J connectivity index is 1.81. The Hall–Kier alpha value is -2.88. The number of imidazole rings is 1. The largest absolute Gasteiger partial charge is 0.296 e. The summed E-state index contributed by atoms with van der Waals surface area (Å²) in [5, 5.41) is 0. The van der Waals surface area contributed by atoms with Crippen molar-refractivity contribution in [3.8, 4) is 11.4 Å². The second-order valence-corrected chi connectivity index (χ2v) is 6.21. The number of hydrogen-bond acceptors (Lipinski definition) is 1. The van der Waals surface area contributed by atoms with Gasteiger partial charge in [-0.25, -0.2) is 4.98 Å². The molecule has 0 N–H and O–H groups in total. The predicted molar refractivity (Wildman–Crippen MR) is 89.1 cm³/mol. The zero-order valence-electron chi connectivity index (χ0n) is 13.2. The van der Waals surface area contributed by atoms with E-state index in [0.29, 0.717) is 0 Å². The van der Waals surface area contributed by atoms with Gasteiger partial charge in [-0.2, -0.15) is 0 Å². The zero-order chi connectivity index (χ0) is 15.6. The standard InChI is InChI=1S/C19H17N4/c1-13-10-14-11-19-20-15-6-3-4-7-16(15)23(19)18(14)12-17(13)22-9-5-8-21(22)2/h3-10,12H,11H2,1-2H3/q+1. The summed E-state index contributed by atoms with van der Waals surface area (Å²) in [6.45, 7) is 2.18. The molecule has 0 atom stereocenters. The average molecular weight is 301 g/mol. The third-order valence-electron chi connectivity index (χ3n) is 4.73. The lowest BCUT2D eigenvalue weighted by Gasteiger charge is -2.10. The van der Waals surface area contributed by atoms with Crippen LogP contribution in [0.4, 0.5) is 0 Å². The number of aromatic nitrogens is 4. The van der Waals surface area contributed by atoms with Crippen molar-refractivity contribution in [2.45, 2.75) is 13.3 Å². The zero-order valence-corrected chi connectivity index (χ0v) is 13.2. The summed E-state index contributed by atoms with van der Waals surface area (Å²) in [6, 6.07) is 15.0. The molecule has 1 aliphatic rings. The molecule has 0 saturated carbocycles. The molecule has 1 aliphatic heterocycles. The molecule has 112 valence electrons. The van der Waals surface area contributed by atoms with Gasteiger partial charge in [-0.05, 0) is 36.2 Å². The van der Waals surface area contributed by atoms with E-state index in [0.717, 1.165) is 17.8 Å². The van der Waals surface area contributed by atoms with E-state index in [4.69, 9.17) is 4.98 Å². The monoisotopic (exact) mass is 301 g/mol. The molecule has 0 bridgehead atoms. The van der Waals surface area contributed by atoms with Crippen molar-refractivity contribution in [2.75, 3.05) is 0 Å². The molecule has 2 aromatic carbocycles. The molecule has 4 aromatic rings. The Labute approximate surface area is 134 Å². The van der Waals surface area contributed by atoms with Gasteiger partial charge in [0.1, 0.15) is 11.5 Å². The van der Waals surface area contributed by atoms with Gasteiger partial charge in [0.05, 0.1) is 22.9 Å². The van der Waals surface area contributed by atoms with Gasteiger partial charge in [0.15, 0.2) is 13.2 Å². The van der Waals surface area contributed by atoms with Crippen LogP contribution in [0.3, 0.4) is 0 Å². The van der Waals surface area contributed by atoms with E-state index in [1.165, 1.54) is 28.0 Å². The number of aryl methyl sites for hydroxylation is 2. The second kappa shape index (κ2) is 4.32. The minimum atomic E-state index is 0.906. The van der Waals surface area contributed by atoms with Gasteiger partial charge in [0, 0.05) is 12.5 Å². The van der Waals surface area contributed by atoms with Crippen molar-refractivity contribution < 1.29 is 4.68 Å². The van der Waals surface area contributed by atoms with E-state index in [-0.39, 0.29) is 0 Å². The Morgan fingerprint density at radius 2 is 1.96 bits per heavy atom. The first-order valence-electron chi connectivity index (χ1n) is 7.86. The fourth-order valence-corrected chi connectivity index (χ4v) is 3.65. The maximum absolute atomic E-state index is 4.80. The first kappa shape index (κ1) is 12.6. The first-order chi connectivity index (χ1) is 11.2. The summed E-state index contributed by atoms with van der Waals surface area (Å²) in [4.78, 5) is 4.80. The van der Waals surface area contributed by atoms with Crippen molar-refractivity contribution in [1.29, 1.82) is 0 Å². The van der Waals surface area contributed by atoms with E-state index >= 15 is 0 Å². The SMILES string of the molecule is Cc1cc2c(cc1-n1ccc[n+]1C)-n1c(nc3ccccc31)C2. The fourth-order valence-electron chi connectivity index (χ4n) is 3.65. The summed E-state index contributed by atoms with van der Waals surface area (Å²) in [6.07, 6.45) is 5.06. The van der Waals surface area contributed by atoms with Gasteiger partial charge in [-0.1, -0.05) is 18.2 Å². The minimum Gasteiger partial charge on any atom is -0.296 e. The van der Waals surface area contributed by atoms with Crippen molar-refractivity contribution in [3.63, 3.8) is 0 Å². The summed E-state index contributed by atoms with van der Waals surface area (Å²) in [7, 11) is 2.06. The third-order valence-corrected chi connectivity index (χ3v) is 4.73. The lowest BCUT2D eigenvalue weighted by molar-refractivity contribution is -0.744. The maximum atomic E-state index is 4.80. The van der Waals surface area contributed by atoms with Crippen LogP contribution in [0.25, 0.3) is 22.4 Å². The lowest BCUT2D eigenvalue weighted by Crippen LogP contribution is -2.37. The molecular formula is C19H17N4+. The molecule has 4 nitrogen and oxygen atoms in total. The molecule has 4 heteroatoms. The van der Waals surface area contributed by atoms with Gasteiger partial charge in [0.25, 0.3) is 0 Å². The van der Waals surface area contributed by atoms with Gasteiger partial charge in [-0.3, -0.25) is 4.57 Å². The maximum Gasteiger partial charge on any atom is 0.195 e. The Bertz CT molecular complexity index is 1070. The highest BCUT2D eigenvalue weighted by Crippen LogP contribution is 2.34. The molecule has 0 aliphatic carbocycles. The van der Waals surface area contributed by atoms with Crippen molar-refractivity contribution in [1.82, 2.24) is 14.2 Å². The predicted octanol–water partition coefficient (Wildman–Crippen LogP) is 2.85. The van der Waals surface area contributed by atoms with Crippen LogP contribution >= 0.6 is 0 Å². The van der Waals surface area contributed by atoms with E-state index in [2.05, 4.69) is 76.7 Å². The van der Waals surface area contributed by atoms with Crippen LogP contribution in [0.2, 0.25) is 0 Å². The molecule has 0 radical (unpaired) electrons. The first-order valence-corrected chi connectivity index (χ1v) is 7.86. The van der Waals surface area contributed by atoms with E-state index in [1.807, 2.05) is 6.07 Å². The number of rotatable bonds is 1. The topological polar surface area (TPSA) is 26.6 Å². The van der Waals surface area contributed by atoms with Crippen LogP contribution in [-0.4, -0.2) is 14.2 Å². The fraction of sp³-hybridized carbons (Fsp3) is 0.158. The molecule has 2 aromatic heterocycles. The van der Waals surface area contributed by atoms with Crippen LogP contribution < -0.4 is 4.68 Å². The molecule has 0 unspecified atom stereocenters. The van der Waals surface area contributed by atoms with E-state index in [1.54, 1.807) is 0 Å². The summed E-state index contributed by atoms with van der Waals surface area (Å²) in [5.74, 6) is 1.13. The molecular weight excluding hydrogens is 284 g/mol. The number of fused-ring (bicyclic) bond motifs is 5. The number of hydrogen-bond donors (Lipinski definition) is 0. The molecule has 0 fully saturated rings. The van der Waals surface area contributed by atoms with Gasteiger partial charge in [-0.15, -0.1) is 9.36 Å². The number of para-hydroxylation sites is 2. The normalized spacial score (nSPS) is 12.6. The molecule has 5 rings (SSSR count). The van der Waals surface area contributed by atoms with Crippen molar-refractivity contribution in [2.24, 2.45) is 7.05 Å². The van der Waals surface area contributed by atoms with Gasteiger partial charge < -0.3 is 0 Å². The number of benzene rings is 2. The van der Waals surface area contributed by atoms with Crippen molar-refractivity contribution >= 4 is 11.0 Å². The molecule has 0 spiro atoms. The molecule has 23 heavy (non-hydrogen) atoms. The highest BCUT2D eigenvalue weighted by molar-refractivity contribution is 5.80. The second-order valence-electron chi connectivity index (χ2n) is 6.21. The van der Waals surface area contributed by atoms with Gasteiger partial charge >= 0.3 is 0 Å². The lowest BCUT2D eigenvalue weighted by atomic mass is 10.1. The Morgan fingerprint density at radius 1 is 1.09 bits per heavy atom. The van der Waals surface area contributed by atoms with Crippen LogP contribution in [0.5, 0.6) is 0 Å². The van der Waals surface area contributed by atoms with Crippen LogP contribution in [0.1, 0.15) is 17.0 Å². The third kappa shape index (κ3) is 1.66. The highest BCUT2D eigenvalue weighted by atomic mass is 15.4. The molecule has 3 heterocycles.